The van der Waals surface area contributed by atoms with E-state index in [1.807, 2.05) is 38.1 Å². The number of rotatable bonds is 13. The van der Waals surface area contributed by atoms with Crippen LogP contribution in [0.2, 0.25) is 0 Å². The van der Waals surface area contributed by atoms with Gasteiger partial charge >= 0.3 is 0 Å². The third-order valence-electron chi connectivity index (χ3n) is 3.36. The molecular formula is C18H26N4O3S2. The Hall–Kier alpha value is -1.84. The largest absolute Gasteiger partial charge is 0.492 e. The molecule has 2 aromatic rings. The van der Waals surface area contributed by atoms with E-state index in [2.05, 4.69) is 20.8 Å². The molecule has 0 aliphatic heterocycles. The molecule has 2 N–H and O–H groups in total. The molecule has 27 heavy (non-hydrogen) atoms. The molecule has 1 heterocycles. The van der Waals surface area contributed by atoms with Crippen LogP contribution >= 0.6 is 23.1 Å². The lowest BCUT2D eigenvalue weighted by Gasteiger charge is -2.07. The van der Waals surface area contributed by atoms with Gasteiger partial charge in [0.05, 0.1) is 12.3 Å². The summed E-state index contributed by atoms with van der Waals surface area (Å²) >= 11 is 2.83. The van der Waals surface area contributed by atoms with Crippen LogP contribution in [0.25, 0.3) is 0 Å². The van der Waals surface area contributed by atoms with Crippen LogP contribution < -0.4 is 15.4 Å². The minimum atomic E-state index is -0.0470. The smallest absolute Gasteiger partial charge is 0.230 e. The Morgan fingerprint density at radius 1 is 1.26 bits per heavy atom. The predicted octanol–water partition coefficient (Wildman–Crippen LogP) is 2.97. The van der Waals surface area contributed by atoms with Gasteiger partial charge < -0.3 is 20.1 Å². The standard InChI is InChI=1S/C18H26N4O3S2/c1-3-24-10-5-8-20-17-21-22-18(27-17)26-13-16(23)19-9-11-25-15-7-4-6-14(2)12-15/h4,6-7,12H,3,5,8-11,13H2,1-2H3,(H,19,23)(H,20,21). The van der Waals surface area contributed by atoms with Crippen molar-refractivity contribution in [3.8, 4) is 5.75 Å². The van der Waals surface area contributed by atoms with E-state index in [-0.39, 0.29) is 5.91 Å². The van der Waals surface area contributed by atoms with Gasteiger partial charge in [0.1, 0.15) is 12.4 Å². The Labute approximate surface area is 168 Å². The fraction of sp³-hybridized carbons (Fsp3) is 0.500. The summed E-state index contributed by atoms with van der Waals surface area (Å²) in [5.41, 5.74) is 1.15. The van der Waals surface area contributed by atoms with Gasteiger partial charge in [-0.25, -0.2) is 0 Å². The van der Waals surface area contributed by atoms with Crippen LogP contribution in [0.1, 0.15) is 18.9 Å². The van der Waals surface area contributed by atoms with E-state index in [0.29, 0.717) is 18.9 Å². The van der Waals surface area contributed by atoms with Crippen molar-refractivity contribution in [2.45, 2.75) is 24.6 Å². The summed E-state index contributed by atoms with van der Waals surface area (Å²) < 4.78 is 11.7. The Kier molecular flexibility index (Phi) is 9.96. The van der Waals surface area contributed by atoms with Crippen LogP contribution in [0.5, 0.6) is 5.75 Å². The molecule has 0 radical (unpaired) electrons. The Morgan fingerprint density at radius 3 is 2.96 bits per heavy atom. The highest BCUT2D eigenvalue weighted by Gasteiger charge is 2.08. The minimum Gasteiger partial charge on any atom is -0.492 e. The monoisotopic (exact) mass is 410 g/mol. The number of thioether (sulfide) groups is 1. The summed E-state index contributed by atoms with van der Waals surface area (Å²) in [5.74, 6) is 1.08. The van der Waals surface area contributed by atoms with Crippen molar-refractivity contribution in [1.29, 1.82) is 0 Å². The van der Waals surface area contributed by atoms with Gasteiger partial charge in [0.15, 0.2) is 4.34 Å². The molecule has 1 aromatic heterocycles. The van der Waals surface area contributed by atoms with E-state index in [4.69, 9.17) is 9.47 Å². The maximum atomic E-state index is 11.9. The highest BCUT2D eigenvalue weighted by atomic mass is 32.2. The number of anilines is 1. The summed E-state index contributed by atoms with van der Waals surface area (Å²) in [7, 11) is 0. The van der Waals surface area contributed by atoms with E-state index in [9.17, 15) is 4.79 Å². The molecule has 0 atom stereocenters. The number of aryl methyl sites for hydroxylation is 1. The van der Waals surface area contributed by atoms with Gasteiger partial charge in [-0.05, 0) is 38.0 Å². The lowest BCUT2D eigenvalue weighted by Crippen LogP contribution is -2.29. The highest BCUT2D eigenvalue weighted by Crippen LogP contribution is 2.25. The summed E-state index contributed by atoms with van der Waals surface area (Å²) in [6, 6.07) is 7.84. The van der Waals surface area contributed by atoms with E-state index in [0.717, 1.165) is 47.0 Å². The SMILES string of the molecule is CCOCCCNc1nnc(SCC(=O)NCCOc2cccc(C)c2)s1. The molecule has 2 rings (SSSR count). The van der Waals surface area contributed by atoms with Crippen molar-refractivity contribution < 1.29 is 14.3 Å². The molecule has 1 aromatic carbocycles. The molecule has 0 saturated carbocycles. The van der Waals surface area contributed by atoms with Crippen LogP contribution in [0.4, 0.5) is 5.13 Å². The van der Waals surface area contributed by atoms with Gasteiger partial charge in [-0.2, -0.15) is 0 Å². The molecule has 0 bridgehead atoms. The number of benzene rings is 1. The average Bonchev–Trinajstić information content (AvgIpc) is 3.11. The first-order chi connectivity index (χ1) is 13.2. The van der Waals surface area contributed by atoms with E-state index in [1.54, 1.807) is 0 Å². The van der Waals surface area contributed by atoms with Crippen LogP contribution in [-0.2, 0) is 9.53 Å². The highest BCUT2D eigenvalue weighted by molar-refractivity contribution is 8.01. The van der Waals surface area contributed by atoms with Crippen molar-refractivity contribution in [3.05, 3.63) is 29.8 Å². The number of nitrogens with one attached hydrogen (secondary N) is 2. The Balaban J connectivity index is 1.56. The first-order valence-electron chi connectivity index (χ1n) is 8.91. The second-order valence-electron chi connectivity index (χ2n) is 5.65. The maximum absolute atomic E-state index is 11.9. The molecule has 7 nitrogen and oxygen atoms in total. The predicted molar refractivity (Wildman–Crippen MR) is 110 cm³/mol. The lowest BCUT2D eigenvalue weighted by molar-refractivity contribution is -0.118. The number of ether oxygens (including phenoxy) is 2. The van der Waals surface area contributed by atoms with Crippen molar-refractivity contribution >= 4 is 34.1 Å². The maximum Gasteiger partial charge on any atom is 0.230 e. The summed E-state index contributed by atoms with van der Waals surface area (Å²) in [4.78, 5) is 11.9. The van der Waals surface area contributed by atoms with Crippen molar-refractivity contribution in [2.24, 2.45) is 0 Å². The fourth-order valence-electron chi connectivity index (χ4n) is 2.10. The fourth-order valence-corrected chi connectivity index (χ4v) is 3.70. The van der Waals surface area contributed by atoms with Gasteiger partial charge in [0, 0.05) is 19.8 Å². The zero-order valence-corrected chi connectivity index (χ0v) is 17.3. The first kappa shape index (κ1) is 21.5. The summed E-state index contributed by atoms with van der Waals surface area (Å²) in [5, 5.41) is 15.0. The van der Waals surface area contributed by atoms with E-state index >= 15 is 0 Å². The number of nitrogens with zero attached hydrogens (tertiary/aromatic N) is 2. The zero-order chi connectivity index (χ0) is 19.3. The van der Waals surface area contributed by atoms with E-state index in [1.165, 1.54) is 23.1 Å². The topological polar surface area (TPSA) is 85.4 Å². The number of carbonyl (C=O) groups excluding carboxylic acids is 1. The molecular weight excluding hydrogens is 384 g/mol. The molecule has 0 spiro atoms. The number of hydrogen-bond donors (Lipinski definition) is 2. The number of amides is 1. The van der Waals surface area contributed by atoms with Gasteiger partial charge in [0.2, 0.25) is 11.0 Å². The number of aromatic nitrogens is 2. The number of carbonyl (C=O) groups is 1. The van der Waals surface area contributed by atoms with Crippen LogP contribution in [0.3, 0.4) is 0 Å². The molecule has 0 aliphatic carbocycles. The normalized spacial score (nSPS) is 10.6. The van der Waals surface area contributed by atoms with Gasteiger partial charge in [-0.1, -0.05) is 35.2 Å². The van der Waals surface area contributed by atoms with E-state index < -0.39 is 0 Å². The Bertz CT molecular complexity index is 697. The molecule has 148 valence electrons. The molecule has 1 amide bonds. The number of hydrogen-bond acceptors (Lipinski definition) is 8. The molecule has 0 saturated heterocycles. The third kappa shape index (κ3) is 9.07. The third-order valence-corrected chi connectivity index (χ3v) is 5.38. The van der Waals surface area contributed by atoms with Gasteiger partial charge in [-0.15, -0.1) is 10.2 Å². The van der Waals surface area contributed by atoms with Crippen molar-refractivity contribution in [1.82, 2.24) is 15.5 Å². The second-order valence-corrected chi connectivity index (χ2v) is 7.85. The van der Waals surface area contributed by atoms with Crippen molar-refractivity contribution in [2.75, 3.05) is 44.0 Å². The van der Waals surface area contributed by atoms with Crippen molar-refractivity contribution in [3.63, 3.8) is 0 Å². The summed E-state index contributed by atoms with van der Waals surface area (Å²) in [6.45, 7) is 7.17. The minimum absolute atomic E-state index is 0.0470. The quantitative estimate of drug-likeness (QED) is 0.388. The average molecular weight is 411 g/mol. The Morgan fingerprint density at radius 2 is 2.15 bits per heavy atom. The van der Waals surface area contributed by atoms with Crippen LogP contribution in [-0.4, -0.2) is 54.8 Å². The molecule has 0 unspecified atom stereocenters. The molecule has 9 heteroatoms. The van der Waals surface area contributed by atoms with Gasteiger partial charge in [0.25, 0.3) is 0 Å². The zero-order valence-electron chi connectivity index (χ0n) is 15.7. The van der Waals surface area contributed by atoms with Gasteiger partial charge in [-0.3, -0.25) is 4.79 Å². The van der Waals surface area contributed by atoms with Crippen LogP contribution in [0, 0.1) is 6.92 Å². The molecule has 0 aliphatic rings. The first-order valence-corrected chi connectivity index (χ1v) is 10.7. The second kappa shape index (κ2) is 12.5. The summed E-state index contributed by atoms with van der Waals surface area (Å²) in [6.07, 6.45) is 0.920. The van der Waals surface area contributed by atoms with Crippen LogP contribution in [0.15, 0.2) is 28.6 Å². The lowest BCUT2D eigenvalue weighted by atomic mass is 10.2. The molecule has 0 fully saturated rings.